The SMILES string of the molecule is Cc1nc(-c2ccc(C(F)(F)F)cc2)sc1COc1cccc2ccccc12. The van der Waals surface area contributed by atoms with Crippen LogP contribution < -0.4 is 4.74 Å². The van der Waals surface area contributed by atoms with Gasteiger partial charge in [0.1, 0.15) is 17.4 Å². The highest BCUT2D eigenvalue weighted by molar-refractivity contribution is 7.15. The van der Waals surface area contributed by atoms with E-state index in [-0.39, 0.29) is 0 Å². The van der Waals surface area contributed by atoms with Gasteiger partial charge in [-0.05, 0) is 30.5 Å². The number of alkyl halides is 3. The summed E-state index contributed by atoms with van der Waals surface area (Å²) in [7, 11) is 0. The number of aromatic nitrogens is 1. The predicted octanol–water partition coefficient (Wildman–Crippen LogP) is 6.87. The second kappa shape index (κ2) is 7.28. The van der Waals surface area contributed by atoms with Crippen LogP contribution in [0.2, 0.25) is 0 Å². The number of ether oxygens (including phenoxy) is 1. The van der Waals surface area contributed by atoms with Crippen LogP contribution in [0.3, 0.4) is 0 Å². The van der Waals surface area contributed by atoms with Gasteiger partial charge in [0.25, 0.3) is 0 Å². The first-order chi connectivity index (χ1) is 13.4. The Balaban J connectivity index is 1.55. The van der Waals surface area contributed by atoms with Gasteiger partial charge in [-0.3, -0.25) is 0 Å². The molecule has 0 amide bonds. The summed E-state index contributed by atoms with van der Waals surface area (Å²) in [5.41, 5.74) is 0.821. The van der Waals surface area contributed by atoms with Gasteiger partial charge in [-0.15, -0.1) is 11.3 Å². The molecule has 1 aromatic heterocycles. The van der Waals surface area contributed by atoms with Gasteiger partial charge in [-0.25, -0.2) is 4.98 Å². The van der Waals surface area contributed by atoms with E-state index in [1.807, 2.05) is 49.4 Å². The smallest absolute Gasteiger partial charge is 0.416 e. The Morgan fingerprint density at radius 1 is 0.929 bits per heavy atom. The zero-order valence-corrected chi connectivity index (χ0v) is 15.8. The number of nitrogens with zero attached hydrogens (tertiary/aromatic N) is 1. The minimum absolute atomic E-state index is 0.359. The number of benzene rings is 3. The molecule has 3 aromatic carbocycles. The number of hydrogen-bond donors (Lipinski definition) is 0. The molecule has 0 aliphatic carbocycles. The van der Waals surface area contributed by atoms with E-state index in [0.29, 0.717) is 17.2 Å². The largest absolute Gasteiger partial charge is 0.487 e. The molecule has 1 heterocycles. The fraction of sp³-hybridized carbons (Fsp3) is 0.136. The Morgan fingerprint density at radius 2 is 1.64 bits per heavy atom. The molecule has 0 bridgehead atoms. The lowest BCUT2D eigenvalue weighted by Gasteiger charge is -2.08. The monoisotopic (exact) mass is 399 g/mol. The third-order valence-corrected chi connectivity index (χ3v) is 5.64. The van der Waals surface area contributed by atoms with Gasteiger partial charge in [-0.2, -0.15) is 13.2 Å². The Hall–Kier alpha value is -2.86. The molecular formula is C22H16F3NOS. The number of thiazole rings is 1. The lowest BCUT2D eigenvalue weighted by molar-refractivity contribution is -0.137. The van der Waals surface area contributed by atoms with Crippen LogP contribution in [0.1, 0.15) is 16.1 Å². The fourth-order valence-corrected chi connectivity index (χ4v) is 3.93. The van der Waals surface area contributed by atoms with E-state index in [4.69, 9.17) is 4.74 Å². The van der Waals surface area contributed by atoms with Crippen molar-refractivity contribution in [2.24, 2.45) is 0 Å². The third kappa shape index (κ3) is 3.73. The zero-order chi connectivity index (χ0) is 19.7. The van der Waals surface area contributed by atoms with Crippen molar-refractivity contribution in [3.05, 3.63) is 82.9 Å². The van der Waals surface area contributed by atoms with Crippen molar-refractivity contribution in [3.63, 3.8) is 0 Å². The highest BCUT2D eigenvalue weighted by Gasteiger charge is 2.30. The number of aryl methyl sites for hydroxylation is 1. The summed E-state index contributed by atoms with van der Waals surface area (Å²) in [6, 6.07) is 19.0. The Bertz CT molecular complexity index is 1110. The van der Waals surface area contributed by atoms with Crippen LogP contribution in [0.4, 0.5) is 13.2 Å². The summed E-state index contributed by atoms with van der Waals surface area (Å²) >= 11 is 1.43. The van der Waals surface area contributed by atoms with Crippen LogP contribution >= 0.6 is 11.3 Å². The molecule has 4 rings (SSSR count). The fourth-order valence-electron chi connectivity index (χ4n) is 2.95. The van der Waals surface area contributed by atoms with Gasteiger partial charge in [0.15, 0.2) is 0 Å². The van der Waals surface area contributed by atoms with Crippen molar-refractivity contribution in [2.45, 2.75) is 19.7 Å². The molecule has 0 N–H and O–H groups in total. The molecule has 0 aliphatic heterocycles. The molecule has 2 nitrogen and oxygen atoms in total. The highest BCUT2D eigenvalue weighted by Crippen LogP contribution is 2.34. The first-order valence-corrected chi connectivity index (χ1v) is 9.48. The molecule has 0 atom stereocenters. The molecule has 0 unspecified atom stereocenters. The molecule has 0 fully saturated rings. The third-order valence-electron chi connectivity index (χ3n) is 4.46. The number of halogens is 3. The van der Waals surface area contributed by atoms with Gasteiger partial charge in [-0.1, -0.05) is 48.5 Å². The van der Waals surface area contributed by atoms with E-state index in [1.54, 1.807) is 0 Å². The normalized spacial score (nSPS) is 11.7. The maximum Gasteiger partial charge on any atom is 0.416 e. The van der Waals surface area contributed by atoms with E-state index in [9.17, 15) is 13.2 Å². The molecule has 28 heavy (non-hydrogen) atoms. The summed E-state index contributed by atoms with van der Waals surface area (Å²) < 4.78 is 44.2. The van der Waals surface area contributed by atoms with Crippen molar-refractivity contribution in [3.8, 4) is 16.3 Å². The molecule has 4 aromatic rings. The maximum absolute atomic E-state index is 12.7. The molecular weight excluding hydrogens is 383 g/mol. The van der Waals surface area contributed by atoms with Crippen molar-refractivity contribution < 1.29 is 17.9 Å². The minimum Gasteiger partial charge on any atom is -0.487 e. The lowest BCUT2D eigenvalue weighted by Crippen LogP contribution is -2.03. The summed E-state index contributed by atoms with van der Waals surface area (Å²) in [4.78, 5) is 5.45. The molecule has 0 aliphatic rings. The molecule has 0 saturated heterocycles. The molecule has 0 spiro atoms. The first kappa shape index (κ1) is 18.5. The second-order valence-corrected chi connectivity index (χ2v) is 7.45. The van der Waals surface area contributed by atoms with Crippen LogP contribution in [0.5, 0.6) is 5.75 Å². The average Bonchev–Trinajstić information content (AvgIpc) is 3.06. The highest BCUT2D eigenvalue weighted by atomic mass is 32.1. The van der Waals surface area contributed by atoms with Crippen LogP contribution in [0, 0.1) is 6.92 Å². The van der Waals surface area contributed by atoms with Crippen molar-refractivity contribution in [1.82, 2.24) is 4.98 Å². The summed E-state index contributed by atoms with van der Waals surface area (Å²) in [5, 5.41) is 2.82. The average molecular weight is 399 g/mol. The lowest BCUT2D eigenvalue weighted by atomic mass is 10.1. The minimum atomic E-state index is -4.34. The van der Waals surface area contributed by atoms with Crippen LogP contribution in [0.15, 0.2) is 66.7 Å². The van der Waals surface area contributed by atoms with Gasteiger partial charge >= 0.3 is 6.18 Å². The van der Waals surface area contributed by atoms with E-state index >= 15 is 0 Å². The second-order valence-electron chi connectivity index (χ2n) is 6.37. The summed E-state index contributed by atoms with van der Waals surface area (Å²) in [6.45, 7) is 2.24. The van der Waals surface area contributed by atoms with Crippen LogP contribution in [0.25, 0.3) is 21.3 Å². The van der Waals surface area contributed by atoms with E-state index in [2.05, 4.69) is 4.98 Å². The Labute approximate surface area is 164 Å². The van der Waals surface area contributed by atoms with Gasteiger partial charge in [0, 0.05) is 10.9 Å². The quantitative estimate of drug-likeness (QED) is 0.374. The van der Waals surface area contributed by atoms with Gasteiger partial charge in [0.2, 0.25) is 0 Å². The van der Waals surface area contributed by atoms with E-state index in [1.165, 1.54) is 23.5 Å². The van der Waals surface area contributed by atoms with Crippen molar-refractivity contribution in [1.29, 1.82) is 0 Å². The number of fused-ring (bicyclic) bond motifs is 1. The van der Waals surface area contributed by atoms with Gasteiger partial charge in [0.05, 0.1) is 16.1 Å². The molecule has 0 saturated carbocycles. The molecule has 142 valence electrons. The van der Waals surface area contributed by atoms with Crippen molar-refractivity contribution in [2.75, 3.05) is 0 Å². The Morgan fingerprint density at radius 3 is 2.39 bits per heavy atom. The van der Waals surface area contributed by atoms with E-state index < -0.39 is 11.7 Å². The van der Waals surface area contributed by atoms with Gasteiger partial charge < -0.3 is 4.74 Å². The van der Waals surface area contributed by atoms with Crippen LogP contribution in [-0.4, -0.2) is 4.98 Å². The van der Waals surface area contributed by atoms with E-state index in [0.717, 1.165) is 39.2 Å². The topological polar surface area (TPSA) is 22.1 Å². The number of hydrogen-bond acceptors (Lipinski definition) is 3. The summed E-state index contributed by atoms with van der Waals surface area (Å²) in [5.74, 6) is 0.794. The predicted molar refractivity (Wildman–Crippen MR) is 106 cm³/mol. The zero-order valence-electron chi connectivity index (χ0n) is 15.0. The number of rotatable bonds is 4. The maximum atomic E-state index is 12.7. The summed E-state index contributed by atoms with van der Waals surface area (Å²) in [6.07, 6.45) is -4.34. The Kier molecular flexibility index (Phi) is 4.81. The molecule has 6 heteroatoms. The van der Waals surface area contributed by atoms with Crippen LogP contribution in [-0.2, 0) is 12.8 Å². The van der Waals surface area contributed by atoms with Crippen molar-refractivity contribution >= 4 is 22.1 Å². The standard InChI is InChI=1S/C22H16F3NOS/c1-14-20(13-27-19-8-4-6-15-5-2-3-7-18(15)19)28-21(26-14)16-9-11-17(12-10-16)22(23,24)25/h2-12H,13H2,1H3. The first-order valence-electron chi connectivity index (χ1n) is 8.66. The molecule has 0 radical (unpaired) electrons.